The van der Waals surface area contributed by atoms with Crippen LogP contribution in [0.3, 0.4) is 0 Å². The first-order valence-corrected chi connectivity index (χ1v) is 9.40. The summed E-state index contributed by atoms with van der Waals surface area (Å²) in [5.74, 6) is 0.351. The zero-order valence-electron chi connectivity index (χ0n) is 11.1. The molecule has 1 aliphatic rings. The third kappa shape index (κ3) is 3.98. The highest BCUT2D eigenvalue weighted by Crippen LogP contribution is 2.49. The van der Waals surface area contributed by atoms with Crippen molar-refractivity contribution in [2.24, 2.45) is 11.8 Å². The number of hydrogen-bond donors (Lipinski definition) is 1. The molecule has 1 heterocycles. The van der Waals surface area contributed by atoms with Gasteiger partial charge in [0.05, 0.1) is 18.8 Å². The van der Waals surface area contributed by atoms with Crippen LogP contribution in [0.2, 0.25) is 0 Å². The van der Waals surface area contributed by atoms with Crippen LogP contribution in [-0.2, 0) is 9.47 Å². The predicted octanol–water partition coefficient (Wildman–Crippen LogP) is 2.80. The lowest BCUT2D eigenvalue weighted by Crippen LogP contribution is -2.44. The second-order valence-electron chi connectivity index (χ2n) is 5.03. The molecule has 7 atom stereocenters. The third-order valence-electron chi connectivity index (χ3n) is 3.19. The van der Waals surface area contributed by atoms with E-state index in [0.717, 1.165) is 5.57 Å². The molecule has 5 heteroatoms. The summed E-state index contributed by atoms with van der Waals surface area (Å²) in [5, 5.41) is 10.1. The van der Waals surface area contributed by atoms with Crippen LogP contribution in [0.15, 0.2) is 12.2 Å². The van der Waals surface area contributed by atoms with Gasteiger partial charge in [-0.25, -0.2) is 0 Å². The van der Waals surface area contributed by atoms with Crippen LogP contribution in [-0.4, -0.2) is 36.6 Å². The van der Waals surface area contributed by atoms with Crippen molar-refractivity contribution < 1.29 is 14.6 Å². The molecule has 0 aromatic heterocycles. The van der Waals surface area contributed by atoms with Gasteiger partial charge < -0.3 is 14.6 Å². The quantitative estimate of drug-likeness (QED) is 0.635. The Bertz CT molecular complexity index is 270. The summed E-state index contributed by atoms with van der Waals surface area (Å²) in [6, 6.07) is -0.129. The van der Waals surface area contributed by atoms with Gasteiger partial charge in [-0.3, -0.25) is 0 Å². The van der Waals surface area contributed by atoms with Gasteiger partial charge in [0.15, 0.2) is 6.03 Å². The molecule has 0 spiro atoms. The summed E-state index contributed by atoms with van der Waals surface area (Å²) >= 11 is 0. The van der Waals surface area contributed by atoms with E-state index in [4.69, 9.17) is 9.47 Å². The Labute approximate surface area is 108 Å². The molecule has 1 aliphatic heterocycles. The minimum atomic E-state index is -0.506. The van der Waals surface area contributed by atoms with E-state index in [0.29, 0.717) is 12.5 Å². The van der Waals surface area contributed by atoms with E-state index in [1.807, 2.05) is 13.8 Å². The molecule has 17 heavy (non-hydrogen) atoms. The van der Waals surface area contributed by atoms with Gasteiger partial charge in [-0.15, -0.1) is 8.93 Å². The zero-order valence-corrected chi connectivity index (χ0v) is 13.1. The molecule has 1 fully saturated rings. The molecular weight excluding hydrogens is 254 g/mol. The number of hydrogen-bond acceptors (Lipinski definition) is 3. The largest absolute Gasteiger partial charge is 0.388 e. The van der Waals surface area contributed by atoms with Crippen molar-refractivity contribution in [1.82, 2.24) is 0 Å². The molecular formula is C12H24O3P2. The summed E-state index contributed by atoms with van der Waals surface area (Å²) in [6.45, 7) is 12.6. The summed E-state index contributed by atoms with van der Waals surface area (Å²) in [5.41, 5.74) is 0.793. The Morgan fingerprint density at radius 2 is 2.18 bits per heavy atom. The van der Waals surface area contributed by atoms with Crippen molar-refractivity contribution >= 4 is 16.5 Å². The molecule has 0 amide bonds. The number of ether oxygens (including phenoxy) is 2. The SMILES string of the molecule is C=C(C)C(O)C(C)C1OC(P(C)P)OCC1C. The summed E-state index contributed by atoms with van der Waals surface area (Å²) in [7, 11) is 2.41. The van der Waals surface area contributed by atoms with E-state index in [1.54, 1.807) is 0 Å². The maximum Gasteiger partial charge on any atom is 0.179 e. The molecule has 1 saturated heterocycles. The molecule has 7 unspecified atom stereocenters. The Morgan fingerprint density at radius 1 is 1.59 bits per heavy atom. The van der Waals surface area contributed by atoms with Crippen molar-refractivity contribution in [2.45, 2.75) is 39.0 Å². The first-order chi connectivity index (χ1) is 7.84. The molecule has 0 saturated carbocycles. The van der Waals surface area contributed by atoms with Gasteiger partial charge in [-0.2, -0.15) is 0 Å². The fourth-order valence-electron chi connectivity index (χ4n) is 2.12. The standard InChI is InChI=1S/C12H24O3P2/c1-7(2)10(13)9(4)11-8(3)6-14-12(15-11)17(5)16/h8-13H,1,6,16H2,2-5H3. The van der Waals surface area contributed by atoms with E-state index in [9.17, 15) is 5.11 Å². The molecule has 3 nitrogen and oxygen atoms in total. The average Bonchev–Trinajstić information content (AvgIpc) is 2.27. The first kappa shape index (κ1) is 15.5. The van der Waals surface area contributed by atoms with E-state index in [1.165, 1.54) is 0 Å². The van der Waals surface area contributed by atoms with Crippen LogP contribution in [0, 0.1) is 11.8 Å². The zero-order chi connectivity index (χ0) is 13.2. The number of rotatable bonds is 4. The first-order valence-electron chi connectivity index (χ1n) is 5.92. The van der Waals surface area contributed by atoms with E-state index >= 15 is 0 Å². The van der Waals surface area contributed by atoms with Crippen molar-refractivity contribution in [3.63, 3.8) is 0 Å². The lowest BCUT2D eigenvalue weighted by molar-refractivity contribution is -0.210. The second-order valence-corrected chi connectivity index (χ2v) is 9.23. The minimum Gasteiger partial charge on any atom is -0.388 e. The smallest absolute Gasteiger partial charge is 0.179 e. The van der Waals surface area contributed by atoms with Gasteiger partial charge in [-0.05, 0) is 21.2 Å². The highest BCUT2D eigenvalue weighted by Gasteiger charge is 2.36. The fourth-order valence-corrected chi connectivity index (χ4v) is 3.24. The van der Waals surface area contributed by atoms with E-state index in [2.05, 4.69) is 29.1 Å². The maximum atomic E-state index is 10.1. The van der Waals surface area contributed by atoms with Gasteiger partial charge in [0, 0.05) is 11.8 Å². The average molecular weight is 278 g/mol. The maximum absolute atomic E-state index is 10.1. The predicted molar refractivity (Wildman–Crippen MR) is 76.3 cm³/mol. The normalized spacial score (nSPS) is 35.1. The van der Waals surface area contributed by atoms with Crippen LogP contribution < -0.4 is 0 Å². The molecule has 0 aliphatic carbocycles. The Hall–Kier alpha value is 0.480. The van der Waals surface area contributed by atoms with Gasteiger partial charge in [0.2, 0.25) is 0 Å². The monoisotopic (exact) mass is 278 g/mol. The summed E-state index contributed by atoms with van der Waals surface area (Å²) in [6.07, 6.45) is -0.472. The Morgan fingerprint density at radius 3 is 2.65 bits per heavy atom. The van der Waals surface area contributed by atoms with Crippen LogP contribution >= 0.6 is 16.5 Å². The molecule has 0 aromatic carbocycles. The van der Waals surface area contributed by atoms with Crippen molar-refractivity contribution in [3.05, 3.63) is 12.2 Å². The number of aliphatic hydroxyl groups excluding tert-OH is 1. The fraction of sp³-hybridized carbons (Fsp3) is 0.833. The van der Waals surface area contributed by atoms with Gasteiger partial charge in [-0.1, -0.05) is 26.0 Å². The van der Waals surface area contributed by atoms with E-state index < -0.39 is 6.10 Å². The molecule has 100 valence electrons. The van der Waals surface area contributed by atoms with Crippen molar-refractivity contribution in [2.75, 3.05) is 13.3 Å². The van der Waals surface area contributed by atoms with E-state index in [-0.39, 0.29) is 25.7 Å². The Balaban J connectivity index is 2.69. The lowest BCUT2D eigenvalue weighted by Gasteiger charge is -2.40. The summed E-state index contributed by atoms with van der Waals surface area (Å²) in [4.78, 5) is 0. The highest BCUT2D eigenvalue weighted by molar-refractivity contribution is 8.13. The molecule has 1 N–H and O–H groups in total. The number of aliphatic hydroxyl groups is 1. The molecule has 1 rings (SSSR count). The minimum absolute atomic E-state index is 0.0333. The van der Waals surface area contributed by atoms with Gasteiger partial charge in [0.1, 0.15) is 0 Å². The van der Waals surface area contributed by atoms with Gasteiger partial charge >= 0.3 is 0 Å². The van der Waals surface area contributed by atoms with Crippen LogP contribution in [0.5, 0.6) is 0 Å². The lowest BCUT2D eigenvalue weighted by atomic mass is 9.87. The molecule has 0 aromatic rings. The van der Waals surface area contributed by atoms with Crippen LogP contribution in [0.1, 0.15) is 20.8 Å². The van der Waals surface area contributed by atoms with Gasteiger partial charge in [0.25, 0.3) is 0 Å². The molecule has 0 bridgehead atoms. The van der Waals surface area contributed by atoms with Crippen molar-refractivity contribution in [1.29, 1.82) is 0 Å². The highest BCUT2D eigenvalue weighted by atomic mass is 32.0. The second kappa shape index (κ2) is 6.59. The third-order valence-corrected chi connectivity index (χ3v) is 4.86. The van der Waals surface area contributed by atoms with Crippen molar-refractivity contribution in [3.8, 4) is 0 Å². The Kier molecular flexibility index (Phi) is 6.02. The molecule has 0 radical (unpaired) electrons. The topological polar surface area (TPSA) is 38.7 Å². The van der Waals surface area contributed by atoms with Crippen LogP contribution in [0.25, 0.3) is 0 Å². The van der Waals surface area contributed by atoms with Crippen LogP contribution in [0.4, 0.5) is 0 Å². The summed E-state index contributed by atoms with van der Waals surface area (Å²) < 4.78 is 11.6.